The summed E-state index contributed by atoms with van der Waals surface area (Å²) in [5.74, 6) is -0.577. The van der Waals surface area contributed by atoms with Gasteiger partial charge in [-0.25, -0.2) is 9.79 Å². The zero-order valence-electron chi connectivity index (χ0n) is 14.7. The monoisotopic (exact) mass is 405 g/mol. The van der Waals surface area contributed by atoms with E-state index < -0.39 is 23.3 Å². The maximum atomic E-state index is 12.5. The highest BCUT2D eigenvalue weighted by molar-refractivity contribution is 5.88. The van der Waals surface area contributed by atoms with Crippen LogP contribution in [0.15, 0.2) is 62.7 Å². The summed E-state index contributed by atoms with van der Waals surface area (Å²) < 4.78 is 42.5. The number of benzene rings is 2. The van der Waals surface area contributed by atoms with Gasteiger partial charge in [-0.2, -0.15) is 13.2 Å². The van der Waals surface area contributed by atoms with E-state index in [1.54, 1.807) is 0 Å². The lowest BCUT2D eigenvalue weighted by Gasteiger charge is -2.07. The fourth-order valence-corrected chi connectivity index (χ4v) is 2.54. The van der Waals surface area contributed by atoms with Crippen LogP contribution in [0.4, 0.5) is 18.9 Å². The van der Waals surface area contributed by atoms with E-state index in [0.717, 1.165) is 18.5 Å². The first-order valence-corrected chi connectivity index (χ1v) is 8.22. The van der Waals surface area contributed by atoms with Gasteiger partial charge in [-0.3, -0.25) is 15.6 Å². The van der Waals surface area contributed by atoms with E-state index in [2.05, 4.69) is 15.8 Å². The molecule has 0 aliphatic rings. The Labute approximate surface area is 161 Å². The van der Waals surface area contributed by atoms with Crippen molar-refractivity contribution in [3.63, 3.8) is 0 Å². The first kappa shape index (κ1) is 19.9. The van der Waals surface area contributed by atoms with Gasteiger partial charge in [0, 0.05) is 17.5 Å². The Balaban J connectivity index is 1.60. The van der Waals surface area contributed by atoms with E-state index in [1.807, 2.05) is 0 Å². The molecule has 150 valence electrons. The van der Waals surface area contributed by atoms with Gasteiger partial charge in [0.2, 0.25) is 5.91 Å². The molecule has 0 atom stereocenters. The predicted octanol–water partition coefficient (Wildman–Crippen LogP) is 3.04. The van der Waals surface area contributed by atoms with Crippen LogP contribution in [0.1, 0.15) is 11.1 Å². The Bertz CT molecular complexity index is 1120. The van der Waals surface area contributed by atoms with Gasteiger partial charge in [-0.1, -0.05) is 0 Å². The van der Waals surface area contributed by atoms with Crippen molar-refractivity contribution < 1.29 is 27.5 Å². The second kappa shape index (κ2) is 8.05. The highest BCUT2D eigenvalue weighted by atomic mass is 19.4. The van der Waals surface area contributed by atoms with E-state index in [4.69, 9.17) is 4.42 Å². The highest BCUT2D eigenvalue weighted by Gasteiger charge is 2.29. The lowest BCUT2D eigenvalue weighted by Crippen LogP contribution is -2.37. The first-order valence-electron chi connectivity index (χ1n) is 8.22. The summed E-state index contributed by atoms with van der Waals surface area (Å²) in [5.41, 5.74) is 4.10. The molecule has 0 spiro atoms. The van der Waals surface area contributed by atoms with E-state index in [9.17, 15) is 27.9 Å². The van der Waals surface area contributed by atoms with Crippen molar-refractivity contribution in [2.75, 3.05) is 0 Å². The minimum absolute atomic E-state index is 0.0802. The number of phenolic OH excluding ortho intramolecular Hbond substituents is 1. The topological polar surface area (TPSA) is 104 Å². The van der Waals surface area contributed by atoms with Gasteiger partial charge in [0.15, 0.2) is 0 Å². The fraction of sp³-hybridized carbons (Fsp3) is 0.105. The smallest absolute Gasteiger partial charge is 0.416 e. The molecule has 0 bridgehead atoms. The van der Waals surface area contributed by atoms with Gasteiger partial charge in [0.1, 0.15) is 17.7 Å². The maximum absolute atomic E-state index is 12.5. The number of halogens is 3. The third kappa shape index (κ3) is 5.12. The van der Waals surface area contributed by atoms with Crippen molar-refractivity contribution in [1.82, 2.24) is 10.9 Å². The molecule has 7 nitrogen and oxygen atoms in total. The van der Waals surface area contributed by atoms with Crippen LogP contribution in [0.5, 0.6) is 5.75 Å². The van der Waals surface area contributed by atoms with Crippen LogP contribution in [0.3, 0.4) is 0 Å². The molecule has 1 amide bonds. The summed E-state index contributed by atoms with van der Waals surface area (Å²) in [6.45, 7) is 0. The Morgan fingerprint density at radius 3 is 2.55 bits per heavy atom. The largest absolute Gasteiger partial charge is 0.508 e. The molecule has 29 heavy (non-hydrogen) atoms. The summed E-state index contributed by atoms with van der Waals surface area (Å²) in [6, 6.07) is 9.54. The number of hydrogen-bond acceptors (Lipinski definition) is 5. The Morgan fingerprint density at radius 1 is 1.14 bits per heavy atom. The van der Waals surface area contributed by atoms with Crippen LogP contribution in [0, 0.1) is 0 Å². The Hall–Kier alpha value is -3.82. The lowest BCUT2D eigenvalue weighted by molar-refractivity contribution is -0.137. The highest BCUT2D eigenvalue weighted by Crippen LogP contribution is 2.30. The summed E-state index contributed by atoms with van der Waals surface area (Å²) in [4.78, 5) is 27.5. The number of amides is 1. The molecule has 0 aliphatic heterocycles. The summed E-state index contributed by atoms with van der Waals surface area (Å²) >= 11 is 0. The first-order chi connectivity index (χ1) is 13.7. The second-order valence-electron chi connectivity index (χ2n) is 5.94. The quantitative estimate of drug-likeness (QED) is 0.262. The number of phenols is 1. The number of nitrogens with zero attached hydrogens (tertiary/aromatic N) is 1. The van der Waals surface area contributed by atoms with Gasteiger partial charge in [0.05, 0.1) is 17.7 Å². The zero-order chi connectivity index (χ0) is 21.0. The molecule has 3 rings (SSSR count). The van der Waals surface area contributed by atoms with Crippen LogP contribution in [-0.2, 0) is 17.4 Å². The van der Waals surface area contributed by atoms with Crippen molar-refractivity contribution in [3.05, 3.63) is 70.1 Å². The van der Waals surface area contributed by atoms with E-state index >= 15 is 0 Å². The number of fused-ring (bicyclic) bond motifs is 1. The van der Waals surface area contributed by atoms with Gasteiger partial charge in [-0.15, -0.1) is 0 Å². The molecule has 3 N–H and O–H groups in total. The molecule has 0 saturated carbocycles. The SMILES string of the molecule is O=C(Cc1cc(=O)oc2cc(O)ccc12)NNC=Nc1ccc(C(F)(F)F)cc1. The molecular formula is C19H14F3N3O4. The number of nitrogens with one attached hydrogen (secondary N) is 2. The Kier molecular flexibility index (Phi) is 5.53. The summed E-state index contributed by atoms with van der Waals surface area (Å²) in [7, 11) is 0. The molecule has 2 aromatic carbocycles. The standard InChI is InChI=1S/C19H14F3N3O4/c20-19(21,22)12-1-3-13(4-2-12)23-10-24-25-17(27)7-11-8-18(28)29-16-9-14(26)5-6-15(11)16/h1-6,8-10,26H,7H2,(H,23,24)(H,25,27). The van der Waals surface area contributed by atoms with Crippen LogP contribution in [-0.4, -0.2) is 17.4 Å². The van der Waals surface area contributed by atoms with Crippen LogP contribution in [0.2, 0.25) is 0 Å². The number of rotatable bonds is 5. The number of alkyl halides is 3. The third-order valence-electron chi connectivity index (χ3n) is 3.85. The van der Waals surface area contributed by atoms with Crippen molar-refractivity contribution >= 4 is 28.9 Å². The average molecular weight is 405 g/mol. The van der Waals surface area contributed by atoms with Gasteiger partial charge in [0.25, 0.3) is 0 Å². The molecule has 1 aromatic heterocycles. The molecule has 0 radical (unpaired) electrons. The minimum atomic E-state index is -4.42. The predicted molar refractivity (Wildman–Crippen MR) is 98.7 cm³/mol. The number of carbonyl (C=O) groups excluding carboxylic acids is 1. The second-order valence-corrected chi connectivity index (χ2v) is 5.94. The van der Waals surface area contributed by atoms with Crippen molar-refractivity contribution in [2.24, 2.45) is 4.99 Å². The molecule has 3 aromatic rings. The van der Waals surface area contributed by atoms with Gasteiger partial charge < -0.3 is 9.52 Å². The number of carbonyl (C=O) groups is 1. The van der Waals surface area contributed by atoms with Crippen molar-refractivity contribution in [1.29, 1.82) is 0 Å². The normalized spacial score (nSPS) is 11.7. The van der Waals surface area contributed by atoms with Gasteiger partial charge >= 0.3 is 11.8 Å². The van der Waals surface area contributed by atoms with Crippen molar-refractivity contribution in [2.45, 2.75) is 12.6 Å². The number of aromatic hydroxyl groups is 1. The molecule has 0 unspecified atom stereocenters. The fourth-order valence-electron chi connectivity index (χ4n) is 2.54. The molecule has 0 fully saturated rings. The van der Waals surface area contributed by atoms with Crippen LogP contribution >= 0.6 is 0 Å². The average Bonchev–Trinajstić information content (AvgIpc) is 2.64. The number of hydrogen-bond donors (Lipinski definition) is 3. The Morgan fingerprint density at radius 2 is 1.86 bits per heavy atom. The third-order valence-corrected chi connectivity index (χ3v) is 3.85. The van der Waals surface area contributed by atoms with Crippen LogP contribution < -0.4 is 16.5 Å². The number of aliphatic imine (C=N–C) groups is 1. The summed E-state index contributed by atoms with van der Waals surface area (Å²) in [5, 5.41) is 9.96. The molecule has 0 saturated heterocycles. The van der Waals surface area contributed by atoms with E-state index in [1.165, 1.54) is 36.4 Å². The summed E-state index contributed by atoms with van der Waals surface area (Å²) in [6.07, 6.45) is -3.48. The van der Waals surface area contributed by atoms with E-state index in [0.29, 0.717) is 10.9 Å². The minimum Gasteiger partial charge on any atom is -0.508 e. The maximum Gasteiger partial charge on any atom is 0.416 e. The lowest BCUT2D eigenvalue weighted by atomic mass is 10.1. The molecular weight excluding hydrogens is 391 g/mol. The molecule has 10 heteroatoms. The van der Waals surface area contributed by atoms with Gasteiger partial charge in [-0.05, 0) is 42.0 Å². The van der Waals surface area contributed by atoms with Crippen molar-refractivity contribution in [3.8, 4) is 5.75 Å². The molecule has 0 aliphatic carbocycles. The zero-order valence-corrected chi connectivity index (χ0v) is 14.7. The number of hydrazine groups is 1. The van der Waals surface area contributed by atoms with E-state index in [-0.39, 0.29) is 23.4 Å². The van der Waals surface area contributed by atoms with Crippen LogP contribution in [0.25, 0.3) is 11.0 Å². The molecule has 1 heterocycles.